The summed E-state index contributed by atoms with van der Waals surface area (Å²) in [6, 6.07) is 0. The molecule has 0 radical (unpaired) electrons. The van der Waals surface area contributed by atoms with E-state index >= 15 is 0 Å². The Labute approximate surface area is 115 Å². The van der Waals surface area contributed by atoms with E-state index in [4.69, 9.17) is 0 Å². The van der Waals surface area contributed by atoms with Crippen LogP contribution in [0, 0.1) is 11.3 Å². The number of amides is 2. The molecule has 1 unspecified atom stereocenters. The Morgan fingerprint density at radius 1 is 1.37 bits per heavy atom. The van der Waals surface area contributed by atoms with Crippen molar-refractivity contribution in [2.75, 3.05) is 32.7 Å². The lowest BCUT2D eigenvalue weighted by atomic mass is 9.86. The number of piperidine rings is 1. The van der Waals surface area contributed by atoms with Gasteiger partial charge in [-0.15, -0.1) is 0 Å². The first-order valence-electron chi connectivity index (χ1n) is 7.34. The van der Waals surface area contributed by atoms with Gasteiger partial charge < -0.3 is 15.5 Å². The predicted molar refractivity (Wildman–Crippen MR) is 73.6 cm³/mol. The van der Waals surface area contributed by atoms with Crippen LogP contribution in [-0.4, -0.2) is 49.4 Å². The van der Waals surface area contributed by atoms with Crippen molar-refractivity contribution in [2.24, 2.45) is 11.3 Å². The lowest BCUT2D eigenvalue weighted by Crippen LogP contribution is -2.48. The van der Waals surface area contributed by atoms with Gasteiger partial charge in [0.2, 0.25) is 11.8 Å². The molecule has 2 fully saturated rings. The fraction of sp³-hybridized carbons (Fsp3) is 0.857. The summed E-state index contributed by atoms with van der Waals surface area (Å²) in [6.07, 6.45) is 2.50. The molecule has 108 valence electrons. The van der Waals surface area contributed by atoms with Crippen molar-refractivity contribution >= 4 is 11.8 Å². The highest BCUT2D eigenvalue weighted by atomic mass is 16.2. The normalized spacial score (nSPS) is 28.4. The molecule has 2 saturated heterocycles. The number of carbonyl (C=O) groups excluding carboxylic acids is 2. The van der Waals surface area contributed by atoms with Crippen LogP contribution in [-0.2, 0) is 9.59 Å². The van der Waals surface area contributed by atoms with Gasteiger partial charge in [0.15, 0.2) is 0 Å². The summed E-state index contributed by atoms with van der Waals surface area (Å²) in [5, 5.41) is 6.13. The second kappa shape index (κ2) is 5.90. The quantitative estimate of drug-likeness (QED) is 0.776. The third-order valence-electron chi connectivity index (χ3n) is 4.39. The molecule has 0 aromatic carbocycles. The van der Waals surface area contributed by atoms with Crippen LogP contribution in [0.2, 0.25) is 0 Å². The summed E-state index contributed by atoms with van der Waals surface area (Å²) < 4.78 is 0. The maximum Gasteiger partial charge on any atom is 0.229 e. The number of rotatable bonds is 3. The zero-order valence-corrected chi connectivity index (χ0v) is 12.0. The van der Waals surface area contributed by atoms with Gasteiger partial charge in [0.1, 0.15) is 0 Å². The summed E-state index contributed by atoms with van der Waals surface area (Å²) in [4.78, 5) is 26.2. The van der Waals surface area contributed by atoms with Gasteiger partial charge in [0.05, 0.1) is 5.41 Å². The van der Waals surface area contributed by atoms with Crippen LogP contribution in [0.4, 0.5) is 0 Å². The summed E-state index contributed by atoms with van der Waals surface area (Å²) in [7, 11) is 0. The lowest BCUT2D eigenvalue weighted by Gasteiger charge is -2.36. The monoisotopic (exact) mass is 267 g/mol. The number of nitrogens with zero attached hydrogens (tertiary/aromatic N) is 1. The van der Waals surface area contributed by atoms with Crippen molar-refractivity contribution in [2.45, 2.75) is 33.1 Å². The molecule has 1 atom stereocenters. The van der Waals surface area contributed by atoms with Crippen molar-refractivity contribution in [3.8, 4) is 0 Å². The number of hydrogen-bond acceptors (Lipinski definition) is 3. The molecule has 2 N–H and O–H groups in total. The standard InChI is InChI=1S/C14H25N3O2/c1-3-16-12(18)11-4-8-17(9-5-11)13(19)14(2)6-7-15-10-14/h11,15H,3-10H2,1-2H3,(H,16,18). The fourth-order valence-electron chi connectivity index (χ4n) is 3.04. The summed E-state index contributed by atoms with van der Waals surface area (Å²) in [5.41, 5.74) is -0.238. The SMILES string of the molecule is CCNC(=O)C1CCN(C(=O)C2(C)CCNC2)CC1. The summed E-state index contributed by atoms with van der Waals surface area (Å²) in [5.74, 6) is 0.480. The van der Waals surface area contributed by atoms with E-state index in [0.29, 0.717) is 6.54 Å². The van der Waals surface area contributed by atoms with Gasteiger partial charge >= 0.3 is 0 Å². The minimum absolute atomic E-state index is 0.0820. The first-order chi connectivity index (χ1) is 9.07. The summed E-state index contributed by atoms with van der Waals surface area (Å²) in [6.45, 7) is 7.81. The molecular weight excluding hydrogens is 242 g/mol. The van der Waals surface area contributed by atoms with E-state index in [1.807, 2.05) is 18.7 Å². The van der Waals surface area contributed by atoms with Gasteiger partial charge in [-0.2, -0.15) is 0 Å². The number of nitrogens with one attached hydrogen (secondary N) is 2. The van der Waals surface area contributed by atoms with Crippen molar-refractivity contribution in [1.29, 1.82) is 0 Å². The molecule has 0 aromatic heterocycles. The average molecular weight is 267 g/mol. The number of carbonyl (C=O) groups is 2. The number of hydrogen-bond donors (Lipinski definition) is 2. The largest absolute Gasteiger partial charge is 0.356 e. The Morgan fingerprint density at radius 3 is 2.58 bits per heavy atom. The zero-order valence-electron chi connectivity index (χ0n) is 12.0. The van der Waals surface area contributed by atoms with Crippen molar-refractivity contribution in [3.63, 3.8) is 0 Å². The van der Waals surface area contributed by atoms with E-state index in [0.717, 1.165) is 45.4 Å². The van der Waals surface area contributed by atoms with Crippen LogP contribution in [0.5, 0.6) is 0 Å². The van der Waals surface area contributed by atoms with E-state index in [1.54, 1.807) is 0 Å². The highest BCUT2D eigenvalue weighted by molar-refractivity contribution is 5.84. The lowest BCUT2D eigenvalue weighted by molar-refractivity contribution is -0.143. The molecule has 19 heavy (non-hydrogen) atoms. The van der Waals surface area contributed by atoms with Crippen LogP contribution in [0.1, 0.15) is 33.1 Å². The molecule has 0 bridgehead atoms. The Bertz CT molecular complexity index is 343. The molecule has 2 rings (SSSR count). The maximum absolute atomic E-state index is 12.5. The first kappa shape index (κ1) is 14.3. The third kappa shape index (κ3) is 3.08. The van der Waals surface area contributed by atoms with E-state index in [1.165, 1.54) is 0 Å². The number of likely N-dealkylation sites (tertiary alicyclic amines) is 1. The van der Waals surface area contributed by atoms with Crippen LogP contribution in [0.25, 0.3) is 0 Å². The average Bonchev–Trinajstić information content (AvgIpc) is 2.86. The van der Waals surface area contributed by atoms with E-state index < -0.39 is 0 Å². The fourth-order valence-corrected chi connectivity index (χ4v) is 3.04. The highest BCUT2D eigenvalue weighted by Crippen LogP contribution is 2.29. The molecule has 2 aliphatic rings. The predicted octanol–water partition coefficient (Wildman–Crippen LogP) is 0.361. The van der Waals surface area contributed by atoms with Gasteiger partial charge in [0.25, 0.3) is 0 Å². The molecule has 5 nitrogen and oxygen atoms in total. The second-order valence-electron chi connectivity index (χ2n) is 5.95. The van der Waals surface area contributed by atoms with E-state index in [2.05, 4.69) is 10.6 Å². The molecule has 0 aliphatic carbocycles. The van der Waals surface area contributed by atoms with Gasteiger partial charge in [-0.3, -0.25) is 9.59 Å². The van der Waals surface area contributed by atoms with Gasteiger partial charge in [0, 0.05) is 32.1 Å². The smallest absolute Gasteiger partial charge is 0.229 e. The Morgan fingerprint density at radius 2 is 2.05 bits per heavy atom. The molecule has 2 aliphatic heterocycles. The molecule has 0 spiro atoms. The summed E-state index contributed by atoms with van der Waals surface area (Å²) >= 11 is 0. The van der Waals surface area contributed by atoms with Crippen LogP contribution in [0.15, 0.2) is 0 Å². The van der Waals surface area contributed by atoms with E-state index in [9.17, 15) is 9.59 Å². The molecule has 2 heterocycles. The topological polar surface area (TPSA) is 61.4 Å². The molecule has 2 amide bonds. The second-order valence-corrected chi connectivity index (χ2v) is 5.95. The van der Waals surface area contributed by atoms with Crippen LogP contribution in [0.3, 0.4) is 0 Å². The molecule has 5 heteroatoms. The first-order valence-corrected chi connectivity index (χ1v) is 7.34. The molecule has 0 saturated carbocycles. The van der Waals surface area contributed by atoms with Crippen molar-refractivity contribution < 1.29 is 9.59 Å². The third-order valence-corrected chi connectivity index (χ3v) is 4.39. The van der Waals surface area contributed by atoms with Crippen molar-refractivity contribution in [1.82, 2.24) is 15.5 Å². The maximum atomic E-state index is 12.5. The van der Waals surface area contributed by atoms with E-state index in [-0.39, 0.29) is 23.1 Å². The van der Waals surface area contributed by atoms with Gasteiger partial charge in [-0.05, 0) is 39.7 Å². The minimum Gasteiger partial charge on any atom is -0.356 e. The molecule has 0 aromatic rings. The van der Waals surface area contributed by atoms with Gasteiger partial charge in [-0.25, -0.2) is 0 Å². The molecular formula is C14H25N3O2. The van der Waals surface area contributed by atoms with Crippen molar-refractivity contribution in [3.05, 3.63) is 0 Å². The van der Waals surface area contributed by atoms with Crippen LogP contribution >= 0.6 is 0 Å². The van der Waals surface area contributed by atoms with Gasteiger partial charge in [-0.1, -0.05) is 0 Å². The Hall–Kier alpha value is -1.10. The zero-order chi connectivity index (χ0) is 13.9. The Kier molecular flexibility index (Phi) is 4.45. The minimum atomic E-state index is -0.238. The van der Waals surface area contributed by atoms with Crippen LogP contribution < -0.4 is 10.6 Å². The highest BCUT2D eigenvalue weighted by Gasteiger charge is 2.40. The Balaban J connectivity index is 1.86.